The predicted octanol–water partition coefficient (Wildman–Crippen LogP) is 3.89. The van der Waals surface area contributed by atoms with Crippen molar-refractivity contribution in [3.8, 4) is 17.2 Å². The van der Waals surface area contributed by atoms with E-state index in [9.17, 15) is 10.1 Å². The Morgan fingerprint density at radius 2 is 1.90 bits per heavy atom. The topological polar surface area (TPSA) is 53.8 Å². The van der Waals surface area contributed by atoms with Crippen LogP contribution in [0.2, 0.25) is 0 Å². The van der Waals surface area contributed by atoms with Gasteiger partial charge in [0.25, 0.3) is 0 Å². The molecule has 0 aliphatic rings. The predicted molar refractivity (Wildman–Crippen MR) is 82.0 cm³/mol. The molecule has 3 rings (SSSR count). The minimum Gasteiger partial charge on any atom is -0.298 e. The van der Waals surface area contributed by atoms with Crippen LogP contribution in [-0.2, 0) is 0 Å². The Morgan fingerprint density at radius 1 is 1.10 bits per heavy atom. The molecule has 0 amide bonds. The number of aryl methyl sites for hydroxylation is 1. The highest BCUT2D eigenvalue weighted by Crippen LogP contribution is 2.29. The molecule has 0 unspecified atom stereocenters. The zero-order valence-corrected chi connectivity index (χ0v) is 11.5. The Kier molecular flexibility index (Phi) is 3.21. The molecule has 0 atom stereocenters. The molecule has 0 saturated carbocycles. The molecule has 2 aromatic carbocycles. The normalized spacial score (nSPS) is 10.3. The van der Waals surface area contributed by atoms with Crippen LogP contribution < -0.4 is 0 Å². The third kappa shape index (κ3) is 2.28. The molecule has 0 saturated heterocycles. The lowest BCUT2D eigenvalue weighted by molar-refractivity contribution is 0.112. The first-order valence-corrected chi connectivity index (χ1v) is 6.59. The maximum absolute atomic E-state index is 11.3. The number of hydrogen-bond donors (Lipinski definition) is 0. The number of carbonyl (C=O) groups is 1. The van der Waals surface area contributed by atoms with Gasteiger partial charge in [-0.3, -0.25) is 4.79 Å². The molecule has 3 aromatic rings. The summed E-state index contributed by atoms with van der Waals surface area (Å²) in [4.78, 5) is 15.7. The maximum Gasteiger partial charge on any atom is 0.150 e. The van der Waals surface area contributed by atoms with Gasteiger partial charge in [0, 0.05) is 16.5 Å². The number of fused-ring (bicyclic) bond motifs is 1. The standard InChI is InChI=1S/C18H12N2O/c1-12-6-7-14(11-21)15(8-12)16-9-13-4-2-3-5-17(13)20-18(16)10-19/h2-9,11H,1H3. The first-order valence-electron chi connectivity index (χ1n) is 6.59. The Labute approximate surface area is 122 Å². The fourth-order valence-electron chi connectivity index (χ4n) is 2.41. The van der Waals surface area contributed by atoms with Crippen molar-refractivity contribution in [3.05, 3.63) is 65.4 Å². The summed E-state index contributed by atoms with van der Waals surface area (Å²) >= 11 is 0. The second-order valence-electron chi connectivity index (χ2n) is 4.90. The van der Waals surface area contributed by atoms with Gasteiger partial charge in [0.1, 0.15) is 11.8 Å². The highest BCUT2D eigenvalue weighted by atomic mass is 16.1. The Hall–Kier alpha value is -2.99. The van der Waals surface area contributed by atoms with E-state index in [1.165, 1.54) is 0 Å². The third-order valence-corrected chi connectivity index (χ3v) is 3.46. The van der Waals surface area contributed by atoms with Crippen molar-refractivity contribution in [3.63, 3.8) is 0 Å². The average Bonchev–Trinajstić information content (AvgIpc) is 2.53. The quantitative estimate of drug-likeness (QED) is 0.665. The van der Waals surface area contributed by atoms with E-state index in [1.54, 1.807) is 6.07 Å². The number of rotatable bonds is 2. The van der Waals surface area contributed by atoms with Crippen molar-refractivity contribution in [2.75, 3.05) is 0 Å². The summed E-state index contributed by atoms with van der Waals surface area (Å²) in [5.74, 6) is 0. The molecule has 0 aliphatic heterocycles. The van der Waals surface area contributed by atoms with Crippen LogP contribution in [0.5, 0.6) is 0 Å². The minimum absolute atomic E-state index is 0.336. The summed E-state index contributed by atoms with van der Waals surface area (Å²) in [6, 6.07) is 17.3. The zero-order chi connectivity index (χ0) is 14.8. The lowest BCUT2D eigenvalue weighted by Crippen LogP contribution is -1.95. The van der Waals surface area contributed by atoms with Gasteiger partial charge in [-0.05, 0) is 24.6 Å². The van der Waals surface area contributed by atoms with E-state index in [1.807, 2.05) is 49.4 Å². The van der Waals surface area contributed by atoms with Crippen molar-refractivity contribution in [1.82, 2.24) is 4.98 Å². The van der Waals surface area contributed by atoms with Crippen LogP contribution in [0.4, 0.5) is 0 Å². The van der Waals surface area contributed by atoms with Crippen molar-refractivity contribution in [1.29, 1.82) is 5.26 Å². The first kappa shape index (κ1) is 13.0. The average molecular weight is 272 g/mol. The highest BCUT2D eigenvalue weighted by Gasteiger charge is 2.12. The summed E-state index contributed by atoms with van der Waals surface area (Å²) in [5.41, 5.74) is 4.16. The van der Waals surface area contributed by atoms with Crippen LogP contribution in [0.1, 0.15) is 21.6 Å². The molecular weight excluding hydrogens is 260 g/mol. The molecule has 21 heavy (non-hydrogen) atoms. The van der Waals surface area contributed by atoms with E-state index in [0.717, 1.165) is 28.3 Å². The molecular formula is C18H12N2O. The molecule has 3 nitrogen and oxygen atoms in total. The lowest BCUT2D eigenvalue weighted by Gasteiger charge is -2.09. The van der Waals surface area contributed by atoms with Gasteiger partial charge < -0.3 is 0 Å². The van der Waals surface area contributed by atoms with Gasteiger partial charge in [0.2, 0.25) is 0 Å². The molecule has 0 N–H and O–H groups in total. The Bertz CT molecular complexity index is 891. The number of para-hydroxylation sites is 1. The molecule has 0 aliphatic carbocycles. The van der Waals surface area contributed by atoms with Crippen LogP contribution in [0.25, 0.3) is 22.0 Å². The smallest absolute Gasteiger partial charge is 0.150 e. The summed E-state index contributed by atoms with van der Waals surface area (Å²) < 4.78 is 0. The molecule has 1 aromatic heterocycles. The number of pyridine rings is 1. The fraction of sp³-hybridized carbons (Fsp3) is 0.0556. The number of carbonyl (C=O) groups excluding carboxylic acids is 1. The van der Waals surface area contributed by atoms with Crippen LogP contribution in [0.15, 0.2) is 48.5 Å². The number of aldehydes is 1. The molecule has 0 bridgehead atoms. The Morgan fingerprint density at radius 3 is 2.67 bits per heavy atom. The van der Waals surface area contributed by atoms with E-state index in [0.29, 0.717) is 16.8 Å². The molecule has 1 heterocycles. The maximum atomic E-state index is 11.3. The number of benzene rings is 2. The monoisotopic (exact) mass is 272 g/mol. The fourth-order valence-corrected chi connectivity index (χ4v) is 2.41. The lowest BCUT2D eigenvalue weighted by atomic mass is 9.96. The third-order valence-electron chi connectivity index (χ3n) is 3.46. The first-order chi connectivity index (χ1) is 10.2. The van der Waals surface area contributed by atoms with Gasteiger partial charge in [-0.1, -0.05) is 42.0 Å². The second-order valence-corrected chi connectivity index (χ2v) is 4.90. The number of hydrogen-bond acceptors (Lipinski definition) is 3. The van der Waals surface area contributed by atoms with Crippen molar-refractivity contribution in [2.45, 2.75) is 6.92 Å². The van der Waals surface area contributed by atoms with Crippen LogP contribution >= 0.6 is 0 Å². The second kappa shape index (κ2) is 5.18. The van der Waals surface area contributed by atoms with Crippen LogP contribution in [0.3, 0.4) is 0 Å². The SMILES string of the molecule is Cc1ccc(C=O)c(-c2cc3ccccc3nc2C#N)c1. The number of aromatic nitrogens is 1. The molecule has 0 radical (unpaired) electrons. The minimum atomic E-state index is 0.336. The van der Waals surface area contributed by atoms with E-state index < -0.39 is 0 Å². The van der Waals surface area contributed by atoms with E-state index in [-0.39, 0.29) is 0 Å². The van der Waals surface area contributed by atoms with E-state index >= 15 is 0 Å². The van der Waals surface area contributed by atoms with Crippen LogP contribution in [0, 0.1) is 18.3 Å². The van der Waals surface area contributed by atoms with Gasteiger partial charge in [-0.15, -0.1) is 0 Å². The molecule has 0 spiro atoms. The summed E-state index contributed by atoms with van der Waals surface area (Å²) in [5, 5.41) is 10.3. The number of nitrogens with zero attached hydrogens (tertiary/aromatic N) is 2. The highest BCUT2D eigenvalue weighted by molar-refractivity contribution is 5.93. The molecule has 3 heteroatoms. The largest absolute Gasteiger partial charge is 0.298 e. The van der Waals surface area contributed by atoms with Gasteiger partial charge >= 0.3 is 0 Å². The van der Waals surface area contributed by atoms with E-state index in [4.69, 9.17) is 0 Å². The van der Waals surface area contributed by atoms with Gasteiger partial charge in [-0.25, -0.2) is 4.98 Å². The molecule has 100 valence electrons. The van der Waals surface area contributed by atoms with Gasteiger partial charge in [-0.2, -0.15) is 5.26 Å². The zero-order valence-electron chi connectivity index (χ0n) is 11.5. The van der Waals surface area contributed by atoms with Crippen LogP contribution in [-0.4, -0.2) is 11.3 Å². The van der Waals surface area contributed by atoms with Gasteiger partial charge in [0.15, 0.2) is 6.29 Å². The van der Waals surface area contributed by atoms with Crippen molar-refractivity contribution < 1.29 is 4.79 Å². The van der Waals surface area contributed by atoms with E-state index in [2.05, 4.69) is 11.1 Å². The van der Waals surface area contributed by atoms with Crippen molar-refractivity contribution in [2.24, 2.45) is 0 Å². The number of nitriles is 1. The molecule has 0 fully saturated rings. The summed E-state index contributed by atoms with van der Waals surface area (Å²) in [6.07, 6.45) is 0.811. The summed E-state index contributed by atoms with van der Waals surface area (Å²) in [6.45, 7) is 1.96. The van der Waals surface area contributed by atoms with Crippen molar-refractivity contribution >= 4 is 17.2 Å². The summed E-state index contributed by atoms with van der Waals surface area (Å²) in [7, 11) is 0. The van der Waals surface area contributed by atoms with Gasteiger partial charge in [0.05, 0.1) is 5.52 Å². The Balaban J connectivity index is 2.36.